The molecule has 2 aliphatic rings. The first-order valence-corrected chi connectivity index (χ1v) is 9.36. The van der Waals surface area contributed by atoms with E-state index in [-0.39, 0.29) is 16.9 Å². The zero-order valence-electron chi connectivity index (χ0n) is 13.5. The van der Waals surface area contributed by atoms with Crippen molar-refractivity contribution in [2.75, 3.05) is 7.11 Å². The highest BCUT2D eigenvalue weighted by atomic mass is 32.2. The number of esters is 1. The number of hydrogen-bond donors (Lipinski definition) is 3. The van der Waals surface area contributed by atoms with Crippen LogP contribution in [0.3, 0.4) is 0 Å². The molecule has 1 saturated heterocycles. The number of benzene rings is 1. The van der Waals surface area contributed by atoms with Gasteiger partial charge in [-0.05, 0) is 37.5 Å². The van der Waals surface area contributed by atoms with Gasteiger partial charge in [0.25, 0.3) is 0 Å². The fraction of sp³-hybridized carbons (Fsp3) is 0.533. The van der Waals surface area contributed by atoms with E-state index in [2.05, 4.69) is 15.6 Å². The predicted octanol–water partition coefficient (Wildman–Crippen LogP) is 0.430. The smallest absolute Gasteiger partial charge is 0.324 e. The summed E-state index contributed by atoms with van der Waals surface area (Å²) in [4.78, 5) is 11.5. The molecule has 3 rings (SSSR count). The quantitative estimate of drug-likeness (QED) is 0.661. The SMILES string of the molecule is COC(=O)C1NNC2CCC(NS(=O)(=O)c3ccc(F)c(F)c3)CC21. The average molecular weight is 375 g/mol. The van der Waals surface area contributed by atoms with E-state index in [0.29, 0.717) is 25.3 Å². The van der Waals surface area contributed by atoms with Gasteiger partial charge in [0.05, 0.1) is 12.0 Å². The number of rotatable bonds is 4. The largest absolute Gasteiger partial charge is 0.468 e. The monoisotopic (exact) mass is 375 g/mol. The summed E-state index contributed by atoms with van der Waals surface area (Å²) in [7, 11) is -2.69. The standard InChI is InChI=1S/C15H19F2N3O4S/c1-24-15(21)14-10-6-8(2-5-13(10)18-19-14)20-25(22,23)9-3-4-11(16)12(17)7-9/h3-4,7-8,10,13-14,18-20H,2,5-6H2,1H3. The molecule has 7 nitrogen and oxygen atoms in total. The number of fused-ring (bicyclic) bond motifs is 1. The Hall–Kier alpha value is -1.62. The molecule has 2 fully saturated rings. The molecule has 1 aromatic rings. The van der Waals surface area contributed by atoms with Gasteiger partial charge in [-0.2, -0.15) is 0 Å². The summed E-state index contributed by atoms with van der Waals surface area (Å²) in [5.74, 6) is -2.87. The highest BCUT2D eigenvalue weighted by molar-refractivity contribution is 7.89. The Kier molecular flexibility index (Phi) is 5.05. The Morgan fingerprint density at radius 1 is 1.24 bits per heavy atom. The first-order chi connectivity index (χ1) is 11.8. The normalized spacial score (nSPS) is 29.2. The van der Waals surface area contributed by atoms with E-state index in [1.54, 1.807) is 0 Å². The zero-order chi connectivity index (χ0) is 18.2. The van der Waals surface area contributed by atoms with Gasteiger partial charge in [0, 0.05) is 18.0 Å². The molecule has 1 heterocycles. The molecule has 10 heteroatoms. The number of sulfonamides is 1. The third kappa shape index (κ3) is 3.66. The van der Waals surface area contributed by atoms with Crippen LogP contribution in [0, 0.1) is 17.6 Å². The minimum atomic E-state index is -3.98. The molecule has 1 aliphatic carbocycles. The van der Waals surface area contributed by atoms with E-state index in [1.165, 1.54) is 7.11 Å². The lowest BCUT2D eigenvalue weighted by atomic mass is 9.79. The summed E-state index contributed by atoms with van der Waals surface area (Å²) in [6.45, 7) is 0. The fourth-order valence-corrected chi connectivity index (χ4v) is 4.75. The molecule has 3 N–H and O–H groups in total. The van der Waals surface area contributed by atoms with Crippen LogP contribution in [-0.2, 0) is 19.6 Å². The van der Waals surface area contributed by atoms with Crippen LogP contribution in [0.25, 0.3) is 0 Å². The predicted molar refractivity (Wildman–Crippen MR) is 83.7 cm³/mol. The third-order valence-corrected chi connectivity index (χ3v) is 6.25. The van der Waals surface area contributed by atoms with Crippen molar-refractivity contribution in [3.05, 3.63) is 29.8 Å². The summed E-state index contributed by atoms with van der Waals surface area (Å²) >= 11 is 0. The molecule has 0 aromatic heterocycles. The highest BCUT2D eigenvalue weighted by Gasteiger charge is 2.44. The van der Waals surface area contributed by atoms with Crippen LogP contribution in [-0.4, -0.2) is 39.6 Å². The molecule has 0 spiro atoms. The molecule has 4 atom stereocenters. The van der Waals surface area contributed by atoms with Crippen LogP contribution in [0.1, 0.15) is 19.3 Å². The number of methoxy groups -OCH3 is 1. The summed E-state index contributed by atoms with van der Waals surface area (Å²) in [6, 6.07) is 1.53. The van der Waals surface area contributed by atoms with E-state index in [0.717, 1.165) is 12.1 Å². The van der Waals surface area contributed by atoms with Crippen LogP contribution in [0.4, 0.5) is 8.78 Å². The van der Waals surface area contributed by atoms with E-state index in [4.69, 9.17) is 4.74 Å². The van der Waals surface area contributed by atoms with E-state index < -0.39 is 39.7 Å². The maximum Gasteiger partial charge on any atom is 0.324 e. The Bertz CT molecular complexity index is 774. The topological polar surface area (TPSA) is 96.5 Å². The van der Waals surface area contributed by atoms with E-state index in [9.17, 15) is 22.0 Å². The summed E-state index contributed by atoms with van der Waals surface area (Å²) in [6.07, 6.45) is 1.65. The zero-order valence-corrected chi connectivity index (χ0v) is 14.3. The van der Waals surface area contributed by atoms with Crippen molar-refractivity contribution in [1.29, 1.82) is 0 Å². The average Bonchev–Trinajstić information content (AvgIpc) is 2.99. The highest BCUT2D eigenvalue weighted by Crippen LogP contribution is 2.31. The van der Waals surface area contributed by atoms with Gasteiger partial charge < -0.3 is 4.74 Å². The van der Waals surface area contributed by atoms with Crippen LogP contribution in [0.5, 0.6) is 0 Å². The Morgan fingerprint density at radius 3 is 2.68 bits per heavy atom. The molecule has 0 radical (unpaired) electrons. The number of carbonyl (C=O) groups excluding carboxylic acids is 1. The second-order valence-corrected chi connectivity index (χ2v) is 7.98. The molecule has 25 heavy (non-hydrogen) atoms. The molecule has 1 aliphatic heterocycles. The number of hydrazine groups is 1. The Morgan fingerprint density at radius 2 is 2.00 bits per heavy atom. The molecule has 0 bridgehead atoms. The van der Waals surface area contributed by atoms with Gasteiger partial charge in [-0.3, -0.25) is 10.2 Å². The lowest BCUT2D eigenvalue weighted by Crippen LogP contribution is -2.46. The molecule has 4 unspecified atom stereocenters. The maximum atomic E-state index is 13.3. The van der Waals surface area contributed by atoms with Gasteiger partial charge in [0.15, 0.2) is 11.6 Å². The lowest BCUT2D eigenvalue weighted by molar-refractivity contribution is -0.144. The van der Waals surface area contributed by atoms with Gasteiger partial charge in [0.1, 0.15) is 6.04 Å². The van der Waals surface area contributed by atoms with E-state index >= 15 is 0 Å². The maximum absolute atomic E-state index is 13.3. The van der Waals surface area contributed by atoms with Crippen LogP contribution in [0.15, 0.2) is 23.1 Å². The second-order valence-electron chi connectivity index (χ2n) is 6.27. The minimum absolute atomic E-state index is 0.0492. The molecule has 138 valence electrons. The fourth-order valence-electron chi connectivity index (χ4n) is 3.46. The lowest BCUT2D eigenvalue weighted by Gasteiger charge is -2.32. The van der Waals surface area contributed by atoms with Crippen LogP contribution >= 0.6 is 0 Å². The number of ether oxygens (including phenoxy) is 1. The van der Waals surface area contributed by atoms with Gasteiger partial charge >= 0.3 is 5.97 Å². The first-order valence-electron chi connectivity index (χ1n) is 7.88. The molecule has 1 saturated carbocycles. The van der Waals surface area contributed by atoms with Crippen molar-refractivity contribution >= 4 is 16.0 Å². The van der Waals surface area contributed by atoms with Crippen molar-refractivity contribution in [2.24, 2.45) is 5.92 Å². The van der Waals surface area contributed by atoms with Crippen LogP contribution in [0.2, 0.25) is 0 Å². The van der Waals surface area contributed by atoms with Gasteiger partial charge in [-0.1, -0.05) is 0 Å². The summed E-state index contributed by atoms with van der Waals surface area (Å²) < 4.78 is 58.4. The molecule has 1 aromatic carbocycles. The number of carbonyl (C=O) groups is 1. The number of hydrogen-bond acceptors (Lipinski definition) is 6. The van der Waals surface area contributed by atoms with Crippen molar-refractivity contribution in [2.45, 2.75) is 42.3 Å². The molecular weight excluding hydrogens is 356 g/mol. The minimum Gasteiger partial charge on any atom is -0.468 e. The van der Waals surface area contributed by atoms with Gasteiger partial charge in [-0.25, -0.2) is 27.3 Å². The van der Waals surface area contributed by atoms with Gasteiger partial charge in [-0.15, -0.1) is 0 Å². The van der Waals surface area contributed by atoms with Crippen LogP contribution < -0.4 is 15.6 Å². The second kappa shape index (κ2) is 6.94. The summed E-state index contributed by atoms with van der Waals surface area (Å²) in [5, 5.41) is 0. The summed E-state index contributed by atoms with van der Waals surface area (Å²) in [5.41, 5.74) is 5.92. The van der Waals surface area contributed by atoms with Crippen molar-refractivity contribution in [3.8, 4) is 0 Å². The first kappa shape index (κ1) is 18.2. The number of nitrogens with one attached hydrogen (secondary N) is 3. The van der Waals surface area contributed by atoms with Crippen molar-refractivity contribution in [3.63, 3.8) is 0 Å². The van der Waals surface area contributed by atoms with Crippen molar-refractivity contribution in [1.82, 2.24) is 15.6 Å². The Balaban J connectivity index is 1.72. The third-order valence-electron chi connectivity index (χ3n) is 4.73. The Labute approximate surface area is 144 Å². The molecule has 0 amide bonds. The van der Waals surface area contributed by atoms with Crippen molar-refractivity contribution < 1.29 is 26.7 Å². The van der Waals surface area contributed by atoms with E-state index in [1.807, 2.05) is 0 Å². The number of halogens is 2. The molecular formula is C15H19F2N3O4S. The van der Waals surface area contributed by atoms with Gasteiger partial charge in [0.2, 0.25) is 10.0 Å².